The van der Waals surface area contributed by atoms with Crippen LogP contribution in [-0.4, -0.2) is 39.2 Å². The molecular weight excluding hydrogens is 495 g/mol. The summed E-state index contributed by atoms with van der Waals surface area (Å²) in [5, 5.41) is 14.0. The van der Waals surface area contributed by atoms with Crippen molar-refractivity contribution >= 4 is 41.3 Å². The van der Waals surface area contributed by atoms with Gasteiger partial charge in [-0.25, -0.2) is 4.99 Å². The van der Waals surface area contributed by atoms with Crippen LogP contribution in [0.2, 0.25) is 0 Å². The van der Waals surface area contributed by atoms with E-state index in [2.05, 4.69) is 76.2 Å². The van der Waals surface area contributed by atoms with Crippen molar-refractivity contribution in [3.8, 4) is 0 Å². The van der Waals surface area contributed by atoms with Crippen molar-refractivity contribution in [1.29, 1.82) is 0 Å². The van der Waals surface area contributed by atoms with Gasteiger partial charge in [-0.3, -0.25) is 0 Å². The van der Waals surface area contributed by atoms with Gasteiger partial charge in [-0.05, 0) is 42.8 Å². The molecule has 0 aliphatic rings. The van der Waals surface area contributed by atoms with Crippen molar-refractivity contribution in [2.24, 2.45) is 12.0 Å². The van der Waals surface area contributed by atoms with Gasteiger partial charge in [0.1, 0.15) is 12.4 Å². The highest BCUT2D eigenvalue weighted by Gasteiger charge is 2.10. The van der Waals surface area contributed by atoms with Crippen molar-refractivity contribution in [2.75, 3.05) is 13.6 Å². The van der Waals surface area contributed by atoms with Crippen molar-refractivity contribution in [3.05, 3.63) is 69.4 Å². The molecule has 0 fully saturated rings. The lowest BCUT2D eigenvalue weighted by Crippen LogP contribution is -2.39. The monoisotopic (exact) mass is 524 g/mol. The van der Waals surface area contributed by atoms with E-state index >= 15 is 0 Å². The van der Waals surface area contributed by atoms with Crippen LogP contribution in [0.3, 0.4) is 0 Å². The Morgan fingerprint density at radius 2 is 1.97 bits per heavy atom. The number of aromatic nitrogens is 3. The minimum atomic E-state index is 0. The van der Waals surface area contributed by atoms with Gasteiger partial charge in [-0.15, -0.1) is 45.5 Å². The number of halogens is 1. The summed E-state index contributed by atoms with van der Waals surface area (Å²) >= 11 is 1.79. The summed E-state index contributed by atoms with van der Waals surface area (Å²) in [5.41, 5.74) is 2.59. The van der Waals surface area contributed by atoms with E-state index < -0.39 is 0 Å². The third-order valence-corrected chi connectivity index (χ3v) is 5.75. The molecule has 2 aromatic heterocycles. The number of hydrogen-bond acceptors (Lipinski definition) is 4. The lowest BCUT2D eigenvalue weighted by molar-refractivity contribution is 0.473. The van der Waals surface area contributed by atoms with Gasteiger partial charge in [0.2, 0.25) is 0 Å². The molecule has 156 valence electrons. The van der Waals surface area contributed by atoms with Crippen LogP contribution in [0, 0.1) is 13.8 Å². The zero-order valence-electron chi connectivity index (χ0n) is 17.4. The number of aliphatic imine (C=N–C) groups is 1. The zero-order chi connectivity index (χ0) is 19.9. The Bertz CT molecular complexity index is 919. The van der Waals surface area contributed by atoms with E-state index in [9.17, 15) is 0 Å². The fraction of sp³-hybridized carbons (Fsp3) is 0.381. The average Bonchev–Trinajstić information content (AvgIpc) is 3.31. The number of rotatable bonds is 7. The maximum atomic E-state index is 4.82. The van der Waals surface area contributed by atoms with Gasteiger partial charge in [0, 0.05) is 32.1 Å². The second-order valence-electron chi connectivity index (χ2n) is 6.90. The Balaban J connectivity index is 0.00000300. The van der Waals surface area contributed by atoms with Gasteiger partial charge >= 0.3 is 0 Å². The highest BCUT2D eigenvalue weighted by molar-refractivity contribution is 14.0. The summed E-state index contributed by atoms with van der Waals surface area (Å²) in [6.07, 6.45) is 0.984. The van der Waals surface area contributed by atoms with Crippen LogP contribution >= 0.6 is 35.3 Å². The number of benzene rings is 1. The zero-order valence-corrected chi connectivity index (χ0v) is 20.6. The van der Waals surface area contributed by atoms with Gasteiger partial charge in [0.25, 0.3) is 0 Å². The van der Waals surface area contributed by atoms with Crippen LogP contribution in [0.1, 0.15) is 27.7 Å². The molecule has 3 aromatic rings. The Hall–Kier alpha value is -1.94. The molecule has 2 heterocycles. The summed E-state index contributed by atoms with van der Waals surface area (Å²) in [4.78, 5) is 8.36. The second kappa shape index (κ2) is 11.3. The molecule has 0 aliphatic carbocycles. The van der Waals surface area contributed by atoms with Gasteiger partial charge in [-0.1, -0.05) is 30.3 Å². The third kappa shape index (κ3) is 6.53. The lowest BCUT2D eigenvalue weighted by Gasteiger charge is -2.23. The second-order valence-corrected chi connectivity index (χ2v) is 7.93. The Labute approximate surface area is 194 Å². The number of nitrogens with one attached hydrogen (secondary N) is 1. The van der Waals surface area contributed by atoms with Crippen LogP contribution in [0.15, 0.2) is 46.8 Å². The Morgan fingerprint density at radius 1 is 1.17 bits per heavy atom. The molecule has 3 rings (SSSR count). The van der Waals surface area contributed by atoms with Crippen molar-refractivity contribution in [3.63, 3.8) is 0 Å². The predicted octanol–water partition coefficient (Wildman–Crippen LogP) is 3.93. The van der Waals surface area contributed by atoms with Crippen molar-refractivity contribution in [1.82, 2.24) is 25.0 Å². The largest absolute Gasteiger partial charge is 0.356 e. The molecule has 0 amide bonds. The van der Waals surface area contributed by atoms with E-state index in [4.69, 9.17) is 4.99 Å². The number of aryl methyl sites for hydroxylation is 2. The topological polar surface area (TPSA) is 58.3 Å². The molecule has 29 heavy (non-hydrogen) atoms. The van der Waals surface area contributed by atoms with E-state index in [1.54, 1.807) is 11.3 Å². The van der Waals surface area contributed by atoms with E-state index in [1.807, 2.05) is 18.5 Å². The normalized spacial score (nSPS) is 11.2. The maximum absolute atomic E-state index is 4.82. The van der Waals surface area contributed by atoms with E-state index in [-0.39, 0.29) is 24.0 Å². The quantitative estimate of drug-likeness (QED) is 0.289. The first kappa shape index (κ1) is 23.3. The minimum absolute atomic E-state index is 0. The summed E-state index contributed by atoms with van der Waals surface area (Å²) < 4.78 is 1.98. The van der Waals surface area contributed by atoms with Crippen LogP contribution < -0.4 is 5.32 Å². The Kier molecular flexibility index (Phi) is 9.09. The molecule has 0 unspecified atom stereocenters. The van der Waals surface area contributed by atoms with Gasteiger partial charge in [0.15, 0.2) is 11.8 Å². The van der Waals surface area contributed by atoms with Crippen molar-refractivity contribution < 1.29 is 0 Å². The summed E-state index contributed by atoms with van der Waals surface area (Å²) in [7, 11) is 4.05. The molecule has 0 saturated carbocycles. The molecule has 0 saturated heterocycles. The van der Waals surface area contributed by atoms with E-state index in [0.29, 0.717) is 6.54 Å². The summed E-state index contributed by atoms with van der Waals surface area (Å²) in [5.74, 6) is 2.63. The van der Waals surface area contributed by atoms with Gasteiger partial charge < -0.3 is 14.8 Å². The fourth-order valence-corrected chi connectivity index (χ4v) is 3.63. The molecule has 6 nitrogen and oxygen atoms in total. The number of hydrogen-bond donors (Lipinski definition) is 1. The average molecular weight is 524 g/mol. The van der Waals surface area contributed by atoms with Crippen LogP contribution in [0.5, 0.6) is 0 Å². The minimum Gasteiger partial charge on any atom is -0.356 e. The summed E-state index contributed by atoms with van der Waals surface area (Å²) in [6, 6.07) is 12.7. The highest BCUT2D eigenvalue weighted by Crippen LogP contribution is 2.11. The molecule has 0 radical (unpaired) electrons. The van der Waals surface area contributed by atoms with E-state index in [1.165, 1.54) is 16.0 Å². The molecule has 1 aromatic carbocycles. The molecule has 1 N–H and O–H groups in total. The molecular formula is C21H29IN6S. The first-order valence-electron chi connectivity index (χ1n) is 9.46. The fourth-order valence-electron chi connectivity index (χ4n) is 2.92. The van der Waals surface area contributed by atoms with Crippen LogP contribution in [0.25, 0.3) is 0 Å². The van der Waals surface area contributed by atoms with E-state index in [0.717, 1.165) is 37.1 Å². The first-order chi connectivity index (χ1) is 13.5. The lowest BCUT2D eigenvalue weighted by atomic mass is 10.1. The van der Waals surface area contributed by atoms with Crippen LogP contribution in [0.4, 0.5) is 0 Å². The summed E-state index contributed by atoms with van der Waals surface area (Å²) in [6.45, 7) is 6.23. The SMILES string of the molecule is Cc1ccccc1CN(C)C(=NCc1nnc(C)n1C)NCCc1cccs1.I. The van der Waals surface area contributed by atoms with Gasteiger partial charge in [0.05, 0.1) is 0 Å². The molecule has 0 spiro atoms. The molecule has 0 bridgehead atoms. The highest BCUT2D eigenvalue weighted by atomic mass is 127. The smallest absolute Gasteiger partial charge is 0.194 e. The number of nitrogens with zero attached hydrogens (tertiary/aromatic N) is 5. The molecule has 8 heteroatoms. The standard InChI is InChI=1S/C21H28N6S.HI/c1-16-8-5-6-9-18(16)15-26(3)21(22-12-11-19-10-7-13-28-19)23-14-20-25-24-17(2)27(20)4;/h5-10,13H,11-12,14-15H2,1-4H3,(H,22,23);1H. The van der Waals surface area contributed by atoms with Gasteiger partial charge in [-0.2, -0.15) is 0 Å². The predicted molar refractivity (Wildman–Crippen MR) is 131 cm³/mol. The third-order valence-electron chi connectivity index (χ3n) is 4.82. The van der Waals surface area contributed by atoms with Crippen LogP contribution in [-0.2, 0) is 26.6 Å². The first-order valence-corrected chi connectivity index (χ1v) is 10.3. The maximum Gasteiger partial charge on any atom is 0.194 e. The Morgan fingerprint density at radius 3 is 2.62 bits per heavy atom. The number of guanidine groups is 1. The van der Waals surface area contributed by atoms with Crippen molar-refractivity contribution in [2.45, 2.75) is 33.4 Å². The number of thiophene rings is 1. The molecule has 0 aliphatic heterocycles. The molecule has 0 atom stereocenters.